The molecule has 1 heterocycles. The second-order valence-corrected chi connectivity index (χ2v) is 7.68. The number of benzene rings is 2. The van der Waals surface area contributed by atoms with Crippen molar-refractivity contribution >= 4 is 5.97 Å². The van der Waals surface area contributed by atoms with Crippen molar-refractivity contribution in [2.24, 2.45) is 5.41 Å². The highest BCUT2D eigenvalue weighted by atomic mass is 16.5. The molecule has 1 aromatic heterocycles. The fourth-order valence-electron chi connectivity index (χ4n) is 3.41. The lowest BCUT2D eigenvalue weighted by molar-refractivity contribution is -0.157. The van der Waals surface area contributed by atoms with Crippen LogP contribution in [-0.4, -0.2) is 35.0 Å². The summed E-state index contributed by atoms with van der Waals surface area (Å²) in [6.45, 7) is 3.12. The first-order valence-electron chi connectivity index (χ1n) is 9.95. The molecular formula is C23H26N2O5. The van der Waals surface area contributed by atoms with Crippen LogP contribution in [0, 0.1) is 5.41 Å². The Hall–Kier alpha value is -3.19. The molecule has 2 aromatic carbocycles. The molecule has 2 atom stereocenters. The van der Waals surface area contributed by atoms with E-state index in [1.807, 2.05) is 54.6 Å². The van der Waals surface area contributed by atoms with Gasteiger partial charge in [0.15, 0.2) is 0 Å². The molecule has 0 unspecified atom stereocenters. The fourth-order valence-corrected chi connectivity index (χ4v) is 3.41. The number of esters is 1. The average Bonchev–Trinajstić information content (AvgIpc) is 3.33. The lowest BCUT2D eigenvalue weighted by atomic mass is 9.82. The summed E-state index contributed by atoms with van der Waals surface area (Å²) in [7, 11) is 0. The first-order valence-corrected chi connectivity index (χ1v) is 9.95. The molecule has 0 fully saturated rings. The molecule has 7 heteroatoms. The van der Waals surface area contributed by atoms with Crippen LogP contribution in [0.25, 0.3) is 11.1 Å². The van der Waals surface area contributed by atoms with Gasteiger partial charge in [0.1, 0.15) is 0 Å². The van der Waals surface area contributed by atoms with Crippen LogP contribution in [-0.2, 0) is 16.0 Å². The van der Waals surface area contributed by atoms with E-state index in [0.29, 0.717) is 6.42 Å². The molecule has 0 aliphatic heterocycles. The Kier molecular flexibility index (Phi) is 6.52. The van der Waals surface area contributed by atoms with Crippen molar-refractivity contribution in [1.29, 1.82) is 0 Å². The highest BCUT2D eigenvalue weighted by molar-refractivity contribution is 5.76. The largest absolute Gasteiger partial charge is 0.466 e. The zero-order valence-corrected chi connectivity index (χ0v) is 17.1. The number of nitrogens with zero attached hydrogens (tertiary/aromatic N) is 1. The molecule has 0 aliphatic rings. The fraction of sp³-hybridized carbons (Fsp3) is 0.348. The summed E-state index contributed by atoms with van der Waals surface area (Å²) in [5.41, 5.74) is 3.67. The second kappa shape index (κ2) is 9.09. The minimum atomic E-state index is -1.15. The predicted molar refractivity (Wildman–Crippen MR) is 115 cm³/mol. The first-order chi connectivity index (χ1) is 14.4. The van der Waals surface area contributed by atoms with Crippen molar-refractivity contribution in [2.45, 2.75) is 32.7 Å². The van der Waals surface area contributed by atoms with E-state index in [-0.39, 0.29) is 13.0 Å². The van der Waals surface area contributed by atoms with Crippen LogP contribution in [0.15, 0.2) is 64.2 Å². The highest BCUT2D eigenvalue weighted by Gasteiger charge is 2.37. The number of hydrogen-bond donors (Lipinski definition) is 2. The number of aliphatic hydroxyl groups is 1. The van der Waals surface area contributed by atoms with Crippen LogP contribution in [0.2, 0.25) is 0 Å². The predicted octanol–water partition coefficient (Wildman–Crippen LogP) is 1.86. The molecule has 0 aliphatic carbocycles. The van der Waals surface area contributed by atoms with Crippen molar-refractivity contribution in [2.75, 3.05) is 18.6 Å². The van der Waals surface area contributed by atoms with Gasteiger partial charge in [0.2, 0.25) is 0 Å². The molecule has 7 nitrogen and oxygen atoms in total. The molecule has 0 saturated carbocycles. The lowest BCUT2D eigenvalue weighted by Gasteiger charge is -2.30. The Balaban J connectivity index is 1.78. The number of hydrogen-bond acceptors (Lipinski definition) is 6. The van der Waals surface area contributed by atoms with E-state index in [1.54, 1.807) is 13.8 Å². The van der Waals surface area contributed by atoms with Gasteiger partial charge in [0, 0.05) is 6.04 Å². The number of aliphatic hydroxyl groups excluding tert-OH is 1. The third-order valence-electron chi connectivity index (χ3n) is 5.21. The number of rotatable bonds is 10. The summed E-state index contributed by atoms with van der Waals surface area (Å²) in [6.07, 6.45) is 0.654. The topological polar surface area (TPSA) is 97.6 Å². The van der Waals surface area contributed by atoms with Crippen molar-refractivity contribution in [1.82, 2.24) is 4.68 Å². The second-order valence-electron chi connectivity index (χ2n) is 7.68. The maximum Gasteiger partial charge on any atom is 0.340 e. The Morgan fingerprint density at radius 1 is 1.07 bits per heavy atom. The van der Waals surface area contributed by atoms with Gasteiger partial charge in [0.25, 0.3) is 0 Å². The minimum absolute atomic E-state index is 0.194. The quantitative estimate of drug-likeness (QED) is 0.391. The Bertz CT molecular complexity index is 1030. The molecule has 0 bridgehead atoms. The average molecular weight is 410 g/mol. The Morgan fingerprint density at radius 3 is 2.20 bits per heavy atom. The standard InChI is InChI=1S/C23H26N2O5/c1-3-30-22(29)23(2,15-26)14-19(24-25-20(27)21(25)28)13-16-9-11-18(12-10-16)17-7-5-4-6-8-17/h4-12,19,24,26H,3,13-15H2,1-2H3/t19-,23+/m1/s1. The van der Waals surface area contributed by atoms with E-state index in [9.17, 15) is 19.5 Å². The van der Waals surface area contributed by atoms with E-state index in [1.165, 1.54) is 0 Å². The molecule has 158 valence electrons. The third-order valence-corrected chi connectivity index (χ3v) is 5.21. The number of carbonyl (C=O) groups is 1. The summed E-state index contributed by atoms with van der Waals surface area (Å²) >= 11 is 0. The monoisotopic (exact) mass is 410 g/mol. The van der Waals surface area contributed by atoms with Crippen molar-refractivity contribution in [3.8, 4) is 11.1 Å². The van der Waals surface area contributed by atoms with Gasteiger partial charge in [-0.25, -0.2) is 0 Å². The van der Waals surface area contributed by atoms with E-state index >= 15 is 0 Å². The van der Waals surface area contributed by atoms with Crippen LogP contribution < -0.4 is 16.5 Å². The van der Waals surface area contributed by atoms with Crippen LogP contribution in [0.4, 0.5) is 0 Å². The molecule has 2 N–H and O–H groups in total. The number of aromatic nitrogens is 1. The van der Waals surface area contributed by atoms with E-state index in [4.69, 9.17) is 4.74 Å². The summed E-state index contributed by atoms with van der Waals surface area (Å²) in [4.78, 5) is 35.3. The molecule has 30 heavy (non-hydrogen) atoms. The zero-order chi connectivity index (χ0) is 21.7. The van der Waals surface area contributed by atoms with Crippen LogP contribution in [0.3, 0.4) is 0 Å². The molecular weight excluding hydrogens is 384 g/mol. The molecule has 3 aromatic rings. The van der Waals surface area contributed by atoms with Gasteiger partial charge >= 0.3 is 17.1 Å². The number of ether oxygens (including phenoxy) is 1. The normalized spacial score (nSPS) is 14.2. The SMILES string of the molecule is CCOC(=O)[C@](C)(CO)C[C@@H](Cc1ccc(-c2ccccc2)cc1)Nn1c(=O)c1=O. The molecule has 3 rings (SSSR count). The maximum absolute atomic E-state index is 12.4. The van der Waals surface area contributed by atoms with E-state index in [0.717, 1.165) is 21.4 Å². The molecule has 0 spiro atoms. The van der Waals surface area contributed by atoms with Gasteiger partial charge in [-0.2, -0.15) is 4.68 Å². The molecule has 0 saturated heterocycles. The summed E-state index contributed by atoms with van der Waals surface area (Å²) in [5.74, 6) is -0.512. The summed E-state index contributed by atoms with van der Waals surface area (Å²) < 4.78 is 6.04. The number of nitrogens with one attached hydrogen (secondary N) is 1. The third kappa shape index (κ3) is 4.86. The Labute approximate surface area is 174 Å². The number of carbonyl (C=O) groups excluding carboxylic acids is 1. The zero-order valence-electron chi connectivity index (χ0n) is 17.1. The highest BCUT2D eigenvalue weighted by Crippen LogP contribution is 2.27. The van der Waals surface area contributed by atoms with Gasteiger partial charge in [0.05, 0.1) is 18.6 Å². The van der Waals surface area contributed by atoms with Crippen LogP contribution >= 0.6 is 0 Å². The van der Waals surface area contributed by atoms with Gasteiger partial charge in [-0.1, -0.05) is 54.6 Å². The minimum Gasteiger partial charge on any atom is -0.466 e. The molecule has 0 amide bonds. The van der Waals surface area contributed by atoms with Gasteiger partial charge in [-0.15, -0.1) is 0 Å². The summed E-state index contributed by atoms with van der Waals surface area (Å²) in [5, 5.41) is 9.84. The van der Waals surface area contributed by atoms with E-state index < -0.39 is 35.2 Å². The Morgan fingerprint density at radius 2 is 1.67 bits per heavy atom. The van der Waals surface area contributed by atoms with Crippen LogP contribution in [0.1, 0.15) is 25.8 Å². The van der Waals surface area contributed by atoms with Crippen LogP contribution in [0.5, 0.6) is 0 Å². The van der Waals surface area contributed by atoms with E-state index in [2.05, 4.69) is 5.43 Å². The van der Waals surface area contributed by atoms with Crippen molar-refractivity contribution < 1.29 is 14.6 Å². The van der Waals surface area contributed by atoms with Gasteiger partial charge < -0.3 is 15.3 Å². The van der Waals surface area contributed by atoms with Crippen molar-refractivity contribution in [3.63, 3.8) is 0 Å². The van der Waals surface area contributed by atoms with Gasteiger partial charge in [-0.3, -0.25) is 14.4 Å². The first kappa shape index (κ1) is 21.5. The molecule has 0 radical (unpaired) electrons. The lowest BCUT2D eigenvalue weighted by Crippen LogP contribution is -2.41. The van der Waals surface area contributed by atoms with Crippen molar-refractivity contribution in [3.05, 3.63) is 80.9 Å². The smallest absolute Gasteiger partial charge is 0.340 e. The van der Waals surface area contributed by atoms with Gasteiger partial charge in [-0.05, 0) is 43.4 Å². The maximum atomic E-state index is 12.4. The summed E-state index contributed by atoms with van der Waals surface area (Å²) in [6, 6.07) is 17.5.